The van der Waals surface area contributed by atoms with Crippen LogP contribution in [0.25, 0.3) is 11.4 Å². The van der Waals surface area contributed by atoms with Crippen molar-refractivity contribution in [3.05, 3.63) is 69.1 Å². The van der Waals surface area contributed by atoms with Crippen molar-refractivity contribution in [3.8, 4) is 11.4 Å². The lowest BCUT2D eigenvalue weighted by atomic mass is 9.79. The molecule has 48 heavy (non-hydrogen) atoms. The Morgan fingerprint density at radius 3 is 2.23 bits per heavy atom. The minimum absolute atomic E-state index is 0.150. The predicted octanol–water partition coefficient (Wildman–Crippen LogP) is 5.00. The summed E-state index contributed by atoms with van der Waals surface area (Å²) in [4.78, 5) is 49.2. The van der Waals surface area contributed by atoms with Gasteiger partial charge in [-0.2, -0.15) is 0 Å². The number of aryl methyl sites for hydroxylation is 1. The molecule has 0 aliphatic carbocycles. The Hall–Kier alpha value is -3.83. The molecule has 3 aliphatic rings. The summed E-state index contributed by atoms with van der Waals surface area (Å²) in [5, 5.41) is 4.99. The Morgan fingerprint density at radius 2 is 1.58 bits per heavy atom. The van der Waals surface area contributed by atoms with Crippen LogP contribution in [-0.2, 0) is 22.4 Å². The highest BCUT2D eigenvalue weighted by atomic mass is 35.5. The average Bonchev–Trinajstić information content (AvgIpc) is 3.51. The lowest BCUT2D eigenvalue weighted by molar-refractivity contribution is -0.142. The van der Waals surface area contributed by atoms with Gasteiger partial charge in [0.2, 0.25) is 0 Å². The highest BCUT2D eigenvalue weighted by Gasteiger charge is 2.36. The number of aromatic amines is 1. The molecule has 3 fully saturated rings. The number of amides is 2. The number of halogens is 1. The number of nitrogen functional groups attached to an aromatic ring is 1. The number of likely N-dealkylation sites (tertiary alicyclic amines) is 3. The summed E-state index contributed by atoms with van der Waals surface area (Å²) in [6.45, 7) is 6.39. The number of piperidine rings is 3. The molecule has 12 heteroatoms. The van der Waals surface area contributed by atoms with Crippen LogP contribution in [0.1, 0.15) is 62.6 Å². The van der Waals surface area contributed by atoms with Crippen LogP contribution in [0.4, 0.5) is 10.5 Å². The molecule has 4 heterocycles. The number of aromatic nitrogens is 3. The monoisotopic (exact) mass is 677 g/mol. The molecule has 11 nitrogen and oxygen atoms in total. The Balaban J connectivity index is 1.11. The molecular weight excluding hydrogens is 630 g/mol. The number of nitrogens with two attached hydrogens (primary N) is 1. The van der Waals surface area contributed by atoms with Crippen LogP contribution in [0.15, 0.2) is 47.3 Å². The van der Waals surface area contributed by atoms with Crippen molar-refractivity contribution in [1.29, 1.82) is 0 Å². The SMILES string of the molecule is CCc1cc(C[C@@H](OC(=O)N2CCC(n3nc(-c4ccccc4)[nH]c3=O)CC2)C(=O)N2CCC(C3CCN(C)CC3)CC2)cc(Cl)c1N. The van der Waals surface area contributed by atoms with E-state index in [1.54, 1.807) is 11.0 Å². The van der Waals surface area contributed by atoms with Gasteiger partial charge >= 0.3 is 11.8 Å². The number of carbonyl (C=O) groups is 2. The molecule has 1 aromatic heterocycles. The second-order valence-corrected chi connectivity index (χ2v) is 14.1. The second-order valence-electron chi connectivity index (χ2n) is 13.7. The Kier molecular flexibility index (Phi) is 10.8. The first-order valence-electron chi connectivity index (χ1n) is 17.4. The largest absolute Gasteiger partial charge is 0.436 e. The standard InChI is InChI=1S/C36H48ClN7O4/c1-3-25-21-24(22-30(37)32(25)38)23-31(34(45)42-17-11-27(12-18-42)26-9-15-41(2)16-10-26)48-36(47)43-19-13-29(14-20-43)44-35(46)39-33(40-44)28-7-5-4-6-8-28/h4-8,21-22,26-27,29,31H,3,9-20,23,38H2,1-2H3,(H,39,40,46)/t31-/m1/s1. The quantitative estimate of drug-likeness (QED) is 0.321. The van der Waals surface area contributed by atoms with Gasteiger partial charge in [0.25, 0.3) is 5.91 Å². The van der Waals surface area contributed by atoms with Crippen LogP contribution in [-0.4, -0.2) is 93.9 Å². The lowest BCUT2D eigenvalue weighted by Gasteiger charge is -2.40. The summed E-state index contributed by atoms with van der Waals surface area (Å²) in [5.41, 5.74) is 9.01. The first-order valence-corrected chi connectivity index (χ1v) is 17.8. The normalized spacial score (nSPS) is 19.4. The van der Waals surface area contributed by atoms with E-state index in [0.29, 0.717) is 73.8 Å². The molecule has 3 N–H and O–H groups in total. The maximum atomic E-state index is 14.1. The van der Waals surface area contributed by atoms with Gasteiger partial charge in [0.1, 0.15) is 0 Å². The van der Waals surface area contributed by atoms with Crippen molar-refractivity contribution in [3.63, 3.8) is 0 Å². The Bertz CT molecular complexity index is 1620. The van der Waals surface area contributed by atoms with E-state index < -0.39 is 12.2 Å². The van der Waals surface area contributed by atoms with E-state index in [1.807, 2.05) is 48.2 Å². The van der Waals surface area contributed by atoms with Gasteiger partial charge < -0.3 is 25.2 Å². The highest BCUT2D eigenvalue weighted by molar-refractivity contribution is 6.33. The molecule has 258 valence electrons. The fraction of sp³-hybridized carbons (Fsp3) is 0.556. The molecule has 3 aliphatic heterocycles. The molecule has 0 bridgehead atoms. The fourth-order valence-electron chi connectivity index (χ4n) is 7.64. The number of ether oxygens (including phenoxy) is 1. The van der Waals surface area contributed by atoms with Crippen molar-refractivity contribution in [2.45, 2.75) is 70.4 Å². The maximum absolute atomic E-state index is 14.1. The van der Waals surface area contributed by atoms with Crippen LogP contribution in [0.2, 0.25) is 5.02 Å². The zero-order chi connectivity index (χ0) is 33.8. The summed E-state index contributed by atoms with van der Waals surface area (Å²) in [5.74, 6) is 1.69. The van der Waals surface area contributed by atoms with E-state index in [2.05, 4.69) is 22.0 Å². The summed E-state index contributed by atoms with van der Waals surface area (Å²) in [6, 6.07) is 13.1. The minimum Gasteiger partial charge on any atom is -0.436 e. The van der Waals surface area contributed by atoms with Gasteiger partial charge in [-0.15, -0.1) is 5.10 Å². The van der Waals surface area contributed by atoms with Gasteiger partial charge in [-0.05, 0) is 94.1 Å². The number of hydrogen-bond acceptors (Lipinski definition) is 7. The summed E-state index contributed by atoms with van der Waals surface area (Å²) in [6.07, 6.45) is 4.87. The first kappa shape index (κ1) is 34.0. The van der Waals surface area contributed by atoms with Crippen molar-refractivity contribution >= 4 is 29.3 Å². The number of rotatable bonds is 8. The number of carbonyl (C=O) groups excluding carboxylic acids is 2. The molecule has 2 aromatic carbocycles. The zero-order valence-corrected chi connectivity index (χ0v) is 28.8. The summed E-state index contributed by atoms with van der Waals surface area (Å²) >= 11 is 6.48. The lowest BCUT2D eigenvalue weighted by Crippen LogP contribution is -2.49. The molecule has 1 atom stereocenters. The van der Waals surface area contributed by atoms with Gasteiger partial charge in [0.05, 0.1) is 16.8 Å². The van der Waals surface area contributed by atoms with Gasteiger partial charge in [0.15, 0.2) is 11.9 Å². The topological polar surface area (TPSA) is 130 Å². The molecule has 6 rings (SSSR count). The van der Waals surface area contributed by atoms with E-state index in [1.165, 1.54) is 17.5 Å². The number of hydrogen-bond donors (Lipinski definition) is 2. The predicted molar refractivity (Wildman–Crippen MR) is 187 cm³/mol. The molecule has 0 spiro atoms. The second kappa shape index (κ2) is 15.2. The third-order valence-corrected chi connectivity index (χ3v) is 10.9. The Labute approximate surface area is 287 Å². The van der Waals surface area contributed by atoms with Crippen molar-refractivity contribution in [1.82, 2.24) is 29.5 Å². The van der Waals surface area contributed by atoms with Gasteiger partial charge in [-0.25, -0.2) is 14.3 Å². The molecule has 3 aromatic rings. The van der Waals surface area contributed by atoms with Crippen molar-refractivity contribution < 1.29 is 14.3 Å². The van der Waals surface area contributed by atoms with Gasteiger partial charge in [-0.3, -0.25) is 9.78 Å². The van der Waals surface area contributed by atoms with E-state index in [0.717, 1.165) is 42.6 Å². The molecule has 0 unspecified atom stereocenters. The van der Waals surface area contributed by atoms with Crippen LogP contribution in [0.3, 0.4) is 0 Å². The Morgan fingerprint density at radius 1 is 0.958 bits per heavy atom. The van der Waals surface area contributed by atoms with Crippen molar-refractivity contribution in [2.75, 3.05) is 52.0 Å². The number of benzene rings is 2. The van der Waals surface area contributed by atoms with E-state index >= 15 is 0 Å². The number of H-pyrrole nitrogens is 1. The molecule has 0 radical (unpaired) electrons. The minimum atomic E-state index is -0.984. The molecular formula is C36H48ClN7O4. The van der Waals surface area contributed by atoms with E-state index in [9.17, 15) is 14.4 Å². The average molecular weight is 678 g/mol. The molecule has 2 amide bonds. The van der Waals surface area contributed by atoms with E-state index in [4.69, 9.17) is 22.1 Å². The van der Waals surface area contributed by atoms with Crippen LogP contribution in [0.5, 0.6) is 0 Å². The van der Waals surface area contributed by atoms with Gasteiger partial charge in [-0.1, -0.05) is 54.9 Å². The third-order valence-electron chi connectivity index (χ3n) is 10.6. The van der Waals surface area contributed by atoms with Crippen molar-refractivity contribution in [2.24, 2.45) is 11.8 Å². The first-order chi connectivity index (χ1) is 23.2. The van der Waals surface area contributed by atoms with Crippen LogP contribution >= 0.6 is 11.6 Å². The smallest absolute Gasteiger partial charge is 0.410 e. The number of nitrogens with one attached hydrogen (secondary N) is 1. The third kappa shape index (κ3) is 7.73. The van der Waals surface area contributed by atoms with E-state index in [-0.39, 0.29) is 24.1 Å². The van der Waals surface area contributed by atoms with Gasteiger partial charge in [0, 0.05) is 38.2 Å². The maximum Gasteiger partial charge on any atom is 0.410 e. The highest BCUT2D eigenvalue weighted by Crippen LogP contribution is 2.33. The molecule has 0 saturated carbocycles. The zero-order valence-electron chi connectivity index (χ0n) is 28.1. The summed E-state index contributed by atoms with van der Waals surface area (Å²) < 4.78 is 7.55. The number of nitrogens with zero attached hydrogens (tertiary/aromatic N) is 5. The van der Waals surface area contributed by atoms with Crippen LogP contribution in [0, 0.1) is 11.8 Å². The number of anilines is 1. The summed E-state index contributed by atoms with van der Waals surface area (Å²) in [7, 11) is 2.18. The van der Waals surface area contributed by atoms with Crippen LogP contribution < -0.4 is 11.4 Å². The fourth-order valence-corrected chi connectivity index (χ4v) is 7.90. The molecule has 3 saturated heterocycles.